The van der Waals surface area contributed by atoms with Crippen LogP contribution in [0.25, 0.3) is 10.8 Å². The van der Waals surface area contributed by atoms with Gasteiger partial charge in [-0.2, -0.15) is 12.6 Å². The van der Waals surface area contributed by atoms with Crippen LogP contribution in [0, 0.1) is 0 Å². The average Bonchev–Trinajstić information content (AvgIpc) is 2.35. The molecule has 0 radical (unpaired) electrons. The maximum absolute atomic E-state index is 5.76. The largest absolute Gasteiger partial charge is 0.373 e. The molecule has 2 heteroatoms. The van der Waals surface area contributed by atoms with Crippen LogP contribution in [0.15, 0.2) is 42.5 Å². The molecule has 0 aliphatic heterocycles. The van der Waals surface area contributed by atoms with Crippen molar-refractivity contribution >= 4 is 23.4 Å². The zero-order valence-electron chi connectivity index (χ0n) is 10.3. The van der Waals surface area contributed by atoms with Crippen molar-refractivity contribution in [3.8, 4) is 0 Å². The number of ether oxygens (including phenoxy) is 1. The van der Waals surface area contributed by atoms with Crippen molar-refractivity contribution < 1.29 is 4.74 Å². The van der Waals surface area contributed by atoms with Crippen molar-refractivity contribution in [2.24, 2.45) is 0 Å². The molecule has 0 bridgehead atoms. The van der Waals surface area contributed by atoms with Gasteiger partial charge in [0.1, 0.15) is 0 Å². The minimum absolute atomic E-state index is 0.120. The fourth-order valence-corrected chi connectivity index (χ4v) is 1.93. The molecule has 0 spiro atoms. The second kappa shape index (κ2) is 5.56. The standard InChI is InChI=1S/C15H18OS/c1-11(17)10-16-12(2)14-8-7-13-5-3-4-6-15(13)9-14/h3-9,11-12,17H,10H2,1-2H3. The highest BCUT2D eigenvalue weighted by molar-refractivity contribution is 7.80. The van der Waals surface area contributed by atoms with Gasteiger partial charge in [-0.05, 0) is 29.3 Å². The second-order valence-corrected chi connectivity index (χ2v) is 5.31. The van der Waals surface area contributed by atoms with Crippen LogP contribution in [0.1, 0.15) is 25.5 Å². The van der Waals surface area contributed by atoms with Gasteiger partial charge in [0.2, 0.25) is 0 Å². The van der Waals surface area contributed by atoms with E-state index in [1.807, 2.05) is 6.92 Å². The van der Waals surface area contributed by atoms with Crippen molar-refractivity contribution in [1.82, 2.24) is 0 Å². The molecule has 0 saturated heterocycles. The molecular weight excluding hydrogens is 228 g/mol. The summed E-state index contributed by atoms with van der Waals surface area (Å²) >= 11 is 4.32. The molecule has 2 aromatic carbocycles. The van der Waals surface area contributed by atoms with E-state index in [2.05, 4.69) is 62.0 Å². The van der Waals surface area contributed by atoms with Gasteiger partial charge in [-0.3, -0.25) is 0 Å². The first-order valence-corrected chi connectivity index (χ1v) is 6.47. The van der Waals surface area contributed by atoms with Crippen molar-refractivity contribution in [3.63, 3.8) is 0 Å². The van der Waals surface area contributed by atoms with Gasteiger partial charge in [0.25, 0.3) is 0 Å². The van der Waals surface area contributed by atoms with Gasteiger partial charge >= 0.3 is 0 Å². The van der Waals surface area contributed by atoms with Gasteiger partial charge < -0.3 is 4.74 Å². The Morgan fingerprint density at radius 1 is 1.06 bits per heavy atom. The Morgan fingerprint density at radius 2 is 1.76 bits per heavy atom. The molecular formula is C15H18OS. The summed E-state index contributed by atoms with van der Waals surface area (Å²) in [6.45, 7) is 4.80. The van der Waals surface area contributed by atoms with Crippen molar-refractivity contribution in [1.29, 1.82) is 0 Å². The summed E-state index contributed by atoms with van der Waals surface area (Å²) < 4.78 is 5.76. The molecule has 2 rings (SSSR count). The summed E-state index contributed by atoms with van der Waals surface area (Å²) in [5, 5.41) is 2.81. The fraction of sp³-hybridized carbons (Fsp3) is 0.333. The van der Waals surface area contributed by atoms with E-state index >= 15 is 0 Å². The third-order valence-electron chi connectivity index (χ3n) is 2.83. The van der Waals surface area contributed by atoms with Crippen molar-refractivity contribution in [2.45, 2.75) is 25.2 Å². The van der Waals surface area contributed by atoms with Crippen molar-refractivity contribution in [2.75, 3.05) is 6.61 Å². The van der Waals surface area contributed by atoms with E-state index in [0.717, 1.165) is 0 Å². The molecule has 0 aliphatic rings. The van der Waals surface area contributed by atoms with Gasteiger partial charge in [0.15, 0.2) is 0 Å². The highest BCUT2D eigenvalue weighted by Crippen LogP contribution is 2.22. The average molecular weight is 246 g/mol. The quantitative estimate of drug-likeness (QED) is 0.794. The van der Waals surface area contributed by atoms with Crippen LogP contribution in [0.3, 0.4) is 0 Å². The van der Waals surface area contributed by atoms with E-state index in [1.165, 1.54) is 16.3 Å². The molecule has 0 aliphatic carbocycles. The smallest absolute Gasteiger partial charge is 0.0797 e. The van der Waals surface area contributed by atoms with Gasteiger partial charge in [-0.15, -0.1) is 0 Å². The number of hydrogen-bond donors (Lipinski definition) is 1. The lowest BCUT2D eigenvalue weighted by Gasteiger charge is -2.15. The van der Waals surface area contributed by atoms with Gasteiger partial charge in [0, 0.05) is 5.25 Å². The van der Waals surface area contributed by atoms with E-state index in [1.54, 1.807) is 0 Å². The zero-order chi connectivity index (χ0) is 12.3. The fourth-order valence-electron chi connectivity index (χ4n) is 1.84. The Labute approximate surface area is 108 Å². The molecule has 17 heavy (non-hydrogen) atoms. The summed E-state index contributed by atoms with van der Waals surface area (Å²) in [4.78, 5) is 0. The number of fused-ring (bicyclic) bond motifs is 1. The van der Waals surface area contributed by atoms with E-state index in [4.69, 9.17) is 4.74 Å². The first kappa shape index (κ1) is 12.5. The SMILES string of the molecule is CC(S)COC(C)c1ccc2ccccc2c1. The normalized spacial score (nSPS) is 14.8. The van der Waals surface area contributed by atoms with Crippen LogP contribution in [-0.2, 0) is 4.74 Å². The molecule has 0 N–H and O–H groups in total. The number of rotatable bonds is 4. The van der Waals surface area contributed by atoms with Crippen LogP contribution in [-0.4, -0.2) is 11.9 Å². The third kappa shape index (κ3) is 3.24. The molecule has 0 saturated carbocycles. The van der Waals surface area contributed by atoms with Crippen LogP contribution in [0.4, 0.5) is 0 Å². The number of hydrogen-bond acceptors (Lipinski definition) is 2. The molecule has 2 aromatic rings. The lowest BCUT2D eigenvalue weighted by Crippen LogP contribution is -2.08. The number of benzene rings is 2. The predicted molar refractivity (Wildman–Crippen MR) is 76.8 cm³/mol. The Balaban J connectivity index is 2.18. The number of thiol groups is 1. The van der Waals surface area contributed by atoms with Gasteiger partial charge in [-0.1, -0.05) is 43.3 Å². The topological polar surface area (TPSA) is 9.23 Å². The van der Waals surface area contributed by atoms with E-state index in [9.17, 15) is 0 Å². The van der Waals surface area contributed by atoms with E-state index in [0.29, 0.717) is 6.61 Å². The molecule has 0 aromatic heterocycles. The van der Waals surface area contributed by atoms with Crippen LogP contribution in [0.5, 0.6) is 0 Å². The van der Waals surface area contributed by atoms with Crippen molar-refractivity contribution in [3.05, 3.63) is 48.0 Å². The summed E-state index contributed by atoms with van der Waals surface area (Å²) in [6, 6.07) is 14.9. The van der Waals surface area contributed by atoms with Crippen LogP contribution < -0.4 is 0 Å². The molecule has 2 atom stereocenters. The zero-order valence-corrected chi connectivity index (χ0v) is 11.2. The summed E-state index contributed by atoms with van der Waals surface area (Å²) in [7, 11) is 0. The summed E-state index contributed by atoms with van der Waals surface area (Å²) in [6.07, 6.45) is 0.120. The highest BCUT2D eigenvalue weighted by atomic mass is 32.1. The third-order valence-corrected chi connectivity index (χ3v) is 2.98. The second-order valence-electron chi connectivity index (χ2n) is 4.43. The highest BCUT2D eigenvalue weighted by Gasteiger charge is 2.07. The molecule has 1 nitrogen and oxygen atoms in total. The Bertz CT molecular complexity index is 493. The van der Waals surface area contributed by atoms with Crippen LogP contribution in [0.2, 0.25) is 0 Å². The van der Waals surface area contributed by atoms with Gasteiger partial charge in [-0.25, -0.2) is 0 Å². The minimum atomic E-state index is 0.120. The van der Waals surface area contributed by atoms with Gasteiger partial charge in [0.05, 0.1) is 12.7 Å². The first-order valence-electron chi connectivity index (χ1n) is 5.95. The molecule has 0 heterocycles. The first-order chi connectivity index (χ1) is 8.16. The molecule has 0 fully saturated rings. The lowest BCUT2D eigenvalue weighted by molar-refractivity contribution is 0.0691. The van der Waals surface area contributed by atoms with E-state index < -0.39 is 0 Å². The predicted octanol–water partition coefficient (Wildman–Crippen LogP) is 4.24. The summed E-state index contributed by atoms with van der Waals surface area (Å²) in [5.74, 6) is 0. The Kier molecular flexibility index (Phi) is 4.08. The Hall–Kier alpha value is -0.990. The molecule has 2 unspecified atom stereocenters. The van der Waals surface area contributed by atoms with E-state index in [-0.39, 0.29) is 11.4 Å². The monoisotopic (exact) mass is 246 g/mol. The maximum atomic E-state index is 5.76. The lowest BCUT2D eigenvalue weighted by atomic mass is 10.0. The Morgan fingerprint density at radius 3 is 2.47 bits per heavy atom. The summed E-state index contributed by atoms with van der Waals surface area (Å²) in [5.41, 5.74) is 1.22. The minimum Gasteiger partial charge on any atom is -0.373 e. The van der Waals surface area contributed by atoms with Crippen LogP contribution >= 0.6 is 12.6 Å². The molecule has 0 amide bonds. The molecule has 90 valence electrons. The maximum Gasteiger partial charge on any atom is 0.0797 e.